The van der Waals surface area contributed by atoms with Gasteiger partial charge in [0.2, 0.25) is 0 Å². The molecule has 0 bridgehead atoms. The Hall–Kier alpha value is -2.16. The zero-order valence-electron chi connectivity index (χ0n) is 10.8. The lowest BCUT2D eigenvalue weighted by molar-refractivity contribution is 0.198. The Morgan fingerprint density at radius 1 is 1.47 bits per heavy atom. The fourth-order valence-corrected chi connectivity index (χ4v) is 1.54. The Morgan fingerprint density at radius 2 is 2.16 bits per heavy atom. The normalized spacial score (nSPS) is 10.1. The molecule has 19 heavy (non-hydrogen) atoms. The van der Waals surface area contributed by atoms with E-state index in [0.717, 1.165) is 12.1 Å². The molecule has 0 aliphatic carbocycles. The summed E-state index contributed by atoms with van der Waals surface area (Å²) in [5.74, 6) is -1.54. The first kappa shape index (κ1) is 14.9. The number of hydrogen-bond acceptors (Lipinski definition) is 2. The first-order valence-corrected chi connectivity index (χ1v) is 5.85. The van der Waals surface area contributed by atoms with Crippen molar-refractivity contribution in [1.29, 1.82) is 5.26 Å². The van der Waals surface area contributed by atoms with E-state index < -0.39 is 17.7 Å². The topological polar surface area (TPSA) is 56.1 Å². The minimum atomic E-state index is -0.836. The maximum absolute atomic E-state index is 13.4. The summed E-state index contributed by atoms with van der Waals surface area (Å²) in [7, 11) is 0. The summed E-state index contributed by atoms with van der Waals surface area (Å²) in [4.78, 5) is 13.4. The number of nitrogens with zero attached hydrogens (tertiary/aromatic N) is 2. The van der Waals surface area contributed by atoms with Gasteiger partial charge in [-0.3, -0.25) is 0 Å². The van der Waals surface area contributed by atoms with E-state index in [1.807, 2.05) is 6.07 Å². The molecule has 0 spiro atoms. The van der Waals surface area contributed by atoms with Gasteiger partial charge >= 0.3 is 6.03 Å². The number of urea groups is 1. The Bertz CT molecular complexity index is 497. The van der Waals surface area contributed by atoms with Crippen LogP contribution in [-0.2, 0) is 0 Å². The van der Waals surface area contributed by atoms with Gasteiger partial charge in [0, 0.05) is 18.7 Å². The summed E-state index contributed by atoms with van der Waals surface area (Å²) in [5.41, 5.74) is -0.0889. The molecule has 0 fully saturated rings. The van der Waals surface area contributed by atoms with E-state index in [1.54, 1.807) is 13.8 Å². The Labute approximate surface area is 110 Å². The third kappa shape index (κ3) is 4.21. The number of nitrogens with one attached hydrogen (secondary N) is 1. The van der Waals surface area contributed by atoms with Gasteiger partial charge in [0.25, 0.3) is 0 Å². The van der Waals surface area contributed by atoms with Crippen LogP contribution in [0.5, 0.6) is 0 Å². The zero-order chi connectivity index (χ0) is 14.4. The van der Waals surface area contributed by atoms with Crippen LogP contribution in [0.1, 0.15) is 20.3 Å². The van der Waals surface area contributed by atoms with Crippen LogP contribution >= 0.6 is 0 Å². The molecule has 1 aromatic carbocycles. The Morgan fingerprint density at radius 3 is 2.68 bits per heavy atom. The predicted molar refractivity (Wildman–Crippen MR) is 67.4 cm³/mol. The van der Waals surface area contributed by atoms with Gasteiger partial charge in [0.05, 0.1) is 18.2 Å². The van der Waals surface area contributed by atoms with Gasteiger partial charge in [-0.1, -0.05) is 0 Å². The van der Waals surface area contributed by atoms with Crippen LogP contribution < -0.4 is 5.32 Å². The molecule has 1 rings (SSSR count). The van der Waals surface area contributed by atoms with Crippen molar-refractivity contribution < 1.29 is 13.6 Å². The summed E-state index contributed by atoms with van der Waals surface area (Å²) in [6.45, 7) is 3.83. The van der Waals surface area contributed by atoms with Gasteiger partial charge in [-0.2, -0.15) is 5.26 Å². The lowest BCUT2D eigenvalue weighted by atomic mass is 10.3. The Balaban J connectivity index is 2.78. The minimum Gasteiger partial charge on any atom is -0.321 e. The van der Waals surface area contributed by atoms with Crippen molar-refractivity contribution >= 4 is 11.7 Å². The van der Waals surface area contributed by atoms with E-state index in [2.05, 4.69) is 5.32 Å². The minimum absolute atomic E-state index is 0.0889. The molecule has 0 saturated heterocycles. The molecule has 0 aliphatic rings. The van der Waals surface area contributed by atoms with Gasteiger partial charge < -0.3 is 10.2 Å². The van der Waals surface area contributed by atoms with Crippen LogP contribution in [0, 0.1) is 23.0 Å². The van der Waals surface area contributed by atoms with E-state index >= 15 is 0 Å². The first-order valence-electron chi connectivity index (χ1n) is 5.85. The van der Waals surface area contributed by atoms with Crippen molar-refractivity contribution in [2.24, 2.45) is 0 Å². The third-order valence-electron chi connectivity index (χ3n) is 2.52. The molecule has 0 heterocycles. The van der Waals surface area contributed by atoms with Crippen LogP contribution in [0.3, 0.4) is 0 Å². The van der Waals surface area contributed by atoms with Gasteiger partial charge in [0.1, 0.15) is 11.6 Å². The molecule has 1 aromatic rings. The van der Waals surface area contributed by atoms with E-state index in [0.29, 0.717) is 6.07 Å². The first-order chi connectivity index (χ1) is 8.95. The largest absolute Gasteiger partial charge is 0.322 e. The molecule has 1 N–H and O–H groups in total. The molecule has 0 aromatic heterocycles. The van der Waals surface area contributed by atoms with Crippen molar-refractivity contribution in [2.75, 3.05) is 11.9 Å². The number of nitriles is 1. The van der Waals surface area contributed by atoms with Gasteiger partial charge in [0.15, 0.2) is 0 Å². The van der Waals surface area contributed by atoms with Crippen molar-refractivity contribution in [2.45, 2.75) is 26.3 Å². The summed E-state index contributed by atoms with van der Waals surface area (Å²) in [6, 6.07) is 4.22. The number of halogens is 2. The molecule has 6 heteroatoms. The Kier molecular flexibility index (Phi) is 5.24. The highest BCUT2D eigenvalue weighted by Crippen LogP contribution is 2.16. The second kappa shape index (κ2) is 6.69. The van der Waals surface area contributed by atoms with Crippen LogP contribution in [0.25, 0.3) is 0 Å². The molecule has 0 radical (unpaired) electrons. The van der Waals surface area contributed by atoms with Crippen LogP contribution in [-0.4, -0.2) is 23.5 Å². The highest BCUT2D eigenvalue weighted by molar-refractivity contribution is 5.89. The molecule has 0 aliphatic heterocycles. The summed E-state index contributed by atoms with van der Waals surface area (Å²) in [6.07, 6.45) is 0.192. The van der Waals surface area contributed by atoms with Crippen LogP contribution in [0.15, 0.2) is 18.2 Å². The molecule has 102 valence electrons. The molecule has 4 nitrogen and oxygen atoms in total. The van der Waals surface area contributed by atoms with Gasteiger partial charge in [-0.15, -0.1) is 0 Å². The molecule has 0 unspecified atom stereocenters. The number of anilines is 1. The fourth-order valence-electron chi connectivity index (χ4n) is 1.54. The number of amides is 2. The second-order valence-corrected chi connectivity index (χ2v) is 4.25. The number of carbonyl (C=O) groups excluding carboxylic acids is 1. The quantitative estimate of drug-likeness (QED) is 0.911. The number of benzene rings is 1. The van der Waals surface area contributed by atoms with Crippen molar-refractivity contribution in [1.82, 2.24) is 4.90 Å². The number of rotatable bonds is 4. The maximum atomic E-state index is 13.4. The third-order valence-corrected chi connectivity index (χ3v) is 2.52. The van der Waals surface area contributed by atoms with E-state index in [1.165, 1.54) is 4.90 Å². The highest BCUT2D eigenvalue weighted by Gasteiger charge is 2.17. The summed E-state index contributed by atoms with van der Waals surface area (Å²) in [5, 5.41) is 10.9. The molecule has 2 amide bonds. The number of hydrogen-bond donors (Lipinski definition) is 1. The highest BCUT2D eigenvalue weighted by atomic mass is 19.1. The van der Waals surface area contributed by atoms with Crippen molar-refractivity contribution in [3.63, 3.8) is 0 Å². The lowest BCUT2D eigenvalue weighted by Gasteiger charge is -2.26. The van der Waals surface area contributed by atoms with Crippen molar-refractivity contribution in [3.05, 3.63) is 29.8 Å². The van der Waals surface area contributed by atoms with Gasteiger partial charge in [-0.25, -0.2) is 13.6 Å². The van der Waals surface area contributed by atoms with E-state index in [4.69, 9.17) is 5.26 Å². The standard InChI is InChI=1S/C13H15F2N3O/c1-9(2)18(7-3-6-16)13(19)17-12-5-4-10(14)8-11(12)15/h4-5,8-9H,3,7H2,1-2H3,(H,17,19). The van der Waals surface area contributed by atoms with Crippen LogP contribution in [0.2, 0.25) is 0 Å². The van der Waals surface area contributed by atoms with E-state index in [9.17, 15) is 13.6 Å². The smallest absolute Gasteiger partial charge is 0.321 e. The molecule has 0 atom stereocenters. The van der Waals surface area contributed by atoms with Crippen LogP contribution in [0.4, 0.5) is 19.3 Å². The predicted octanol–water partition coefficient (Wildman–Crippen LogP) is 3.12. The van der Waals surface area contributed by atoms with E-state index in [-0.39, 0.29) is 24.7 Å². The fraction of sp³-hybridized carbons (Fsp3) is 0.385. The molecule has 0 saturated carbocycles. The summed E-state index contributed by atoms with van der Waals surface area (Å²) < 4.78 is 26.1. The zero-order valence-corrected chi connectivity index (χ0v) is 10.8. The lowest BCUT2D eigenvalue weighted by Crippen LogP contribution is -2.40. The monoisotopic (exact) mass is 267 g/mol. The second-order valence-electron chi connectivity index (χ2n) is 4.25. The molecular formula is C13H15F2N3O. The number of carbonyl (C=O) groups is 1. The van der Waals surface area contributed by atoms with Crippen molar-refractivity contribution in [3.8, 4) is 6.07 Å². The maximum Gasteiger partial charge on any atom is 0.322 e. The molecular weight excluding hydrogens is 252 g/mol. The SMILES string of the molecule is CC(C)N(CCC#N)C(=O)Nc1ccc(F)cc1F. The summed E-state index contributed by atoms with van der Waals surface area (Å²) >= 11 is 0. The average Bonchev–Trinajstić information content (AvgIpc) is 2.33. The van der Waals surface area contributed by atoms with Gasteiger partial charge in [-0.05, 0) is 26.0 Å². The average molecular weight is 267 g/mol.